The van der Waals surface area contributed by atoms with Gasteiger partial charge in [-0.2, -0.15) is 18.3 Å². The van der Waals surface area contributed by atoms with Crippen molar-refractivity contribution >= 4 is 5.69 Å². The van der Waals surface area contributed by atoms with Crippen molar-refractivity contribution in [2.75, 3.05) is 5.32 Å². The van der Waals surface area contributed by atoms with Gasteiger partial charge in [-0.15, -0.1) is 0 Å². The van der Waals surface area contributed by atoms with Crippen molar-refractivity contribution in [2.24, 2.45) is 0 Å². The maximum Gasteiger partial charge on any atom is 0.416 e. The van der Waals surface area contributed by atoms with Gasteiger partial charge in [0.05, 0.1) is 17.4 Å². The molecule has 21 heavy (non-hydrogen) atoms. The number of anilines is 1. The fourth-order valence-electron chi connectivity index (χ4n) is 2.01. The van der Waals surface area contributed by atoms with Crippen LogP contribution in [0.2, 0.25) is 0 Å². The molecule has 1 atom stereocenters. The minimum Gasteiger partial charge on any atom is -0.376 e. The van der Waals surface area contributed by atoms with Crippen molar-refractivity contribution < 1.29 is 13.2 Å². The number of halogens is 3. The molecule has 0 bridgehead atoms. The highest BCUT2D eigenvalue weighted by atomic mass is 19.4. The van der Waals surface area contributed by atoms with Crippen molar-refractivity contribution in [3.8, 4) is 0 Å². The Morgan fingerprint density at radius 2 is 1.90 bits per heavy atom. The van der Waals surface area contributed by atoms with Crippen LogP contribution in [0.3, 0.4) is 0 Å². The number of aromatic nitrogens is 2. The maximum absolute atomic E-state index is 12.7. The van der Waals surface area contributed by atoms with Crippen LogP contribution in [0.5, 0.6) is 0 Å². The van der Waals surface area contributed by atoms with Crippen molar-refractivity contribution in [3.63, 3.8) is 0 Å². The van der Waals surface area contributed by atoms with Crippen LogP contribution in [0.4, 0.5) is 18.9 Å². The molecule has 1 unspecified atom stereocenters. The van der Waals surface area contributed by atoms with Crippen molar-refractivity contribution in [2.45, 2.75) is 39.0 Å². The summed E-state index contributed by atoms with van der Waals surface area (Å²) < 4.78 is 39.9. The van der Waals surface area contributed by atoms with E-state index in [9.17, 15) is 13.2 Å². The van der Waals surface area contributed by atoms with E-state index in [0.717, 1.165) is 11.8 Å². The third-order valence-corrected chi connectivity index (χ3v) is 3.23. The Bertz CT molecular complexity index is 602. The molecule has 0 saturated carbocycles. The Morgan fingerprint density at radius 1 is 1.19 bits per heavy atom. The van der Waals surface area contributed by atoms with Gasteiger partial charge in [-0.05, 0) is 38.5 Å². The summed E-state index contributed by atoms with van der Waals surface area (Å²) in [6, 6.07) is 5.35. The summed E-state index contributed by atoms with van der Waals surface area (Å²) in [4.78, 5) is 0. The Morgan fingerprint density at radius 3 is 2.48 bits per heavy atom. The summed E-state index contributed by atoms with van der Waals surface area (Å²) in [5.74, 6) is 0. The van der Waals surface area contributed by atoms with Crippen LogP contribution in [0, 0.1) is 0 Å². The van der Waals surface area contributed by atoms with E-state index in [4.69, 9.17) is 0 Å². The normalized spacial score (nSPS) is 13.5. The first kappa shape index (κ1) is 15.4. The second-order valence-corrected chi connectivity index (χ2v) is 5.29. The highest BCUT2D eigenvalue weighted by Crippen LogP contribution is 2.31. The number of nitrogens with one attached hydrogen (secondary N) is 1. The number of hydrogen-bond acceptors (Lipinski definition) is 2. The zero-order chi connectivity index (χ0) is 15.6. The van der Waals surface area contributed by atoms with Crippen LogP contribution >= 0.6 is 0 Å². The summed E-state index contributed by atoms with van der Waals surface area (Å²) in [5.41, 5.74) is 0.738. The number of hydrogen-bond donors (Lipinski definition) is 1. The molecular formula is C15H18F3N3. The summed E-state index contributed by atoms with van der Waals surface area (Å²) >= 11 is 0. The maximum atomic E-state index is 12.7. The molecule has 0 fully saturated rings. The van der Waals surface area contributed by atoms with Gasteiger partial charge in [-0.25, -0.2) is 0 Å². The fourth-order valence-corrected chi connectivity index (χ4v) is 2.01. The molecule has 0 aliphatic heterocycles. The zero-order valence-electron chi connectivity index (χ0n) is 12.1. The van der Waals surface area contributed by atoms with Gasteiger partial charge in [0.1, 0.15) is 0 Å². The highest BCUT2D eigenvalue weighted by molar-refractivity contribution is 5.42. The van der Waals surface area contributed by atoms with Gasteiger partial charge in [0, 0.05) is 18.3 Å². The van der Waals surface area contributed by atoms with Gasteiger partial charge in [-0.3, -0.25) is 4.68 Å². The molecule has 114 valence electrons. The molecule has 1 heterocycles. The van der Waals surface area contributed by atoms with Crippen LogP contribution in [0.25, 0.3) is 0 Å². The predicted molar refractivity (Wildman–Crippen MR) is 76.1 cm³/mol. The Labute approximate surface area is 121 Å². The highest BCUT2D eigenvalue weighted by Gasteiger charge is 2.30. The van der Waals surface area contributed by atoms with Gasteiger partial charge in [-0.1, -0.05) is 12.1 Å². The van der Waals surface area contributed by atoms with E-state index < -0.39 is 11.7 Å². The largest absolute Gasteiger partial charge is 0.416 e. The quantitative estimate of drug-likeness (QED) is 0.889. The molecule has 1 aromatic heterocycles. The van der Waals surface area contributed by atoms with Gasteiger partial charge in [0.25, 0.3) is 0 Å². The summed E-state index contributed by atoms with van der Waals surface area (Å²) in [6.45, 7) is 5.84. The molecule has 0 saturated heterocycles. The van der Waals surface area contributed by atoms with E-state index in [2.05, 4.69) is 10.4 Å². The first-order valence-electron chi connectivity index (χ1n) is 6.75. The van der Waals surface area contributed by atoms with Crippen LogP contribution in [0.15, 0.2) is 36.7 Å². The minimum atomic E-state index is -4.32. The molecule has 1 N–H and O–H groups in total. The van der Waals surface area contributed by atoms with Gasteiger partial charge >= 0.3 is 6.18 Å². The molecule has 0 radical (unpaired) electrons. The molecule has 0 amide bonds. The zero-order valence-corrected chi connectivity index (χ0v) is 12.1. The monoisotopic (exact) mass is 297 g/mol. The number of alkyl halides is 3. The Kier molecular flexibility index (Phi) is 4.25. The fraction of sp³-hybridized carbons (Fsp3) is 0.400. The molecule has 0 aliphatic rings. The van der Waals surface area contributed by atoms with Crippen LogP contribution in [-0.4, -0.2) is 9.78 Å². The SMILES string of the molecule is CC(Nc1cnn(C(C)C)c1)c1cccc(C(F)(F)F)c1. The van der Waals surface area contributed by atoms with Gasteiger partial charge in [0.15, 0.2) is 0 Å². The average molecular weight is 297 g/mol. The van der Waals surface area contributed by atoms with Crippen molar-refractivity contribution in [3.05, 3.63) is 47.8 Å². The first-order chi connectivity index (χ1) is 9.77. The molecule has 3 nitrogen and oxygen atoms in total. The Hall–Kier alpha value is -1.98. The molecular weight excluding hydrogens is 279 g/mol. The van der Waals surface area contributed by atoms with E-state index in [1.165, 1.54) is 12.1 Å². The topological polar surface area (TPSA) is 29.9 Å². The molecule has 0 spiro atoms. The van der Waals surface area contributed by atoms with E-state index in [0.29, 0.717) is 5.56 Å². The predicted octanol–water partition coefficient (Wildman–Crippen LogP) is 4.66. The third kappa shape index (κ3) is 3.77. The second-order valence-electron chi connectivity index (χ2n) is 5.29. The average Bonchev–Trinajstić information content (AvgIpc) is 2.86. The molecule has 0 aliphatic carbocycles. The van der Waals surface area contributed by atoms with Crippen molar-refractivity contribution in [1.29, 1.82) is 0 Å². The third-order valence-electron chi connectivity index (χ3n) is 3.23. The standard InChI is InChI=1S/C15H18F3N3/c1-10(2)21-9-14(8-19-21)20-11(3)12-5-4-6-13(7-12)15(16,17)18/h4-11,20H,1-3H3. The van der Waals surface area contributed by atoms with Crippen LogP contribution in [0.1, 0.15) is 44.0 Å². The smallest absolute Gasteiger partial charge is 0.376 e. The van der Waals surface area contributed by atoms with E-state index in [-0.39, 0.29) is 12.1 Å². The van der Waals surface area contributed by atoms with Crippen LogP contribution < -0.4 is 5.32 Å². The summed E-state index contributed by atoms with van der Waals surface area (Å²) in [5, 5.41) is 7.35. The Balaban J connectivity index is 2.14. The van der Waals surface area contributed by atoms with Crippen molar-refractivity contribution in [1.82, 2.24) is 9.78 Å². The summed E-state index contributed by atoms with van der Waals surface area (Å²) in [7, 11) is 0. The number of nitrogens with zero attached hydrogens (tertiary/aromatic N) is 2. The lowest BCUT2D eigenvalue weighted by atomic mass is 10.0. The molecule has 2 aromatic rings. The van der Waals surface area contributed by atoms with Crippen LogP contribution in [-0.2, 0) is 6.18 Å². The van der Waals surface area contributed by atoms with Gasteiger partial charge in [0.2, 0.25) is 0 Å². The number of benzene rings is 1. The molecule has 2 rings (SSSR count). The molecule has 1 aromatic carbocycles. The minimum absolute atomic E-state index is 0.239. The van der Waals surface area contributed by atoms with Gasteiger partial charge < -0.3 is 5.32 Å². The van der Waals surface area contributed by atoms with E-state index in [1.807, 2.05) is 27.0 Å². The van der Waals surface area contributed by atoms with E-state index in [1.54, 1.807) is 16.9 Å². The number of rotatable bonds is 4. The molecule has 6 heteroatoms. The first-order valence-corrected chi connectivity index (χ1v) is 6.75. The summed E-state index contributed by atoms with van der Waals surface area (Å²) in [6.07, 6.45) is -0.808. The second kappa shape index (κ2) is 5.79. The lowest BCUT2D eigenvalue weighted by Gasteiger charge is -2.16. The lowest BCUT2D eigenvalue weighted by molar-refractivity contribution is -0.137. The van der Waals surface area contributed by atoms with E-state index >= 15 is 0 Å². The lowest BCUT2D eigenvalue weighted by Crippen LogP contribution is -2.10.